The lowest BCUT2D eigenvalue weighted by Crippen LogP contribution is -2.41. The standard InChI is InChI=1S/C30H40N4O3/c1-5-37-27-17-11-10-16-26(27)34-29(31-25-15-9-8-14-24(25)30(34)36)22(2)33(21-20-32(3)4)28(35)19-18-23-12-6-7-13-23/h8-11,14-17,22-23H,5-7,12-13,18-21H2,1-4H3. The van der Waals surface area contributed by atoms with Crippen molar-refractivity contribution in [3.05, 3.63) is 64.7 Å². The second-order valence-electron chi connectivity index (χ2n) is 10.3. The van der Waals surface area contributed by atoms with Crippen molar-refractivity contribution in [3.8, 4) is 11.4 Å². The number of aromatic nitrogens is 2. The first-order valence-corrected chi connectivity index (χ1v) is 13.6. The maximum atomic E-state index is 13.9. The fourth-order valence-corrected chi connectivity index (χ4v) is 5.33. The van der Waals surface area contributed by atoms with E-state index < -0.39 is 6.04 Å². The minimum atomic E-state index is -0.400. The first-order chi connectivity index (χ1) is 17.9. The van der Waals surface area contributed by atoms with Gasteiger partial charge in [0.1, 0.15) is 11.6 Å². The van der Waals surface area contributed by atoms with Crippen LogP contribution in [0.15, 0.2) is 53.3 Å². The molecule has 1 aliphatic rings. The molecule has 0 spiro atoms. The molecule has 4 rings (SSSR count). The molecule has 7 heteroatoms. The topological polar surface area (TPSA) is 67.7 Å². The molecular formula is C30H40N4O3. The third-order valence-electron chi connectivity index (χ3n) is 7.40. The first-order valence-electron chi connectivity index (χ1n) is 13.6. The zero-order chi connectivity index (χ0) is 26.4. The Kier molecular flexibility index (Phi) is 8.98. The SMILES string of the molecule is CCOc1ccccc1-n1c(C(C)N(CCN(C)C)C(=O)CCC2CCCC2)nc2ccccc2c1=O. The summed E-state index contributed by atoms with van der Waals surface area (Å²) in [6.07, 6.45) is 6.43. The normalized spacial score (nSPS) is 14.8. The third kappa shape index (κ3) is 6.21. The molecule has 1 saturated carbocycles. The van der Waals surface area contributed by atoms with Crippen LogP contribution in [0.3, 0.4) is 0 Å². The largest absolute Gasteiger partial charge is 0.492 e. The van der Waals surface area contributed by atoms with E-state index in [1.54, 1.807) is 10.6 Å². The number of para-hydroxylation sites is 3. The maximum absolute atomic E-state index is 13.9. The van der Waals surface area contributed by atoms with Crippen LogP contribution in [0.5, 0.6) is 5.75 Å². The Morgan fingerprint density at radius 1 is 1.08 bits per heavy atom. The van der Waals surface area contributed by atoms with Gasteiger partial charge in [0, 0.05) is 19.5 Å². The molecule has 1 aliphatic carbocycles. The van der Waals surface area contributed by atoms with E-state index in [1.165, 1.54) is 25.7 Å². The average Bonchev–Trinajstić information content (AvgIpc) is 3.42. The molecule has 0 radical (unpaired) electrons. The van der Waals surface area contributed by atoms with Crippen molar-refractivity contribution in [2.75, 3.05) is 33.8 Å². The van der Waals surface area contributed by atoms with Crippen LogP contribution in [0.4, 0.5) is 0 Å². The van der Waals surface area contributed by atoms with Crippen molar-refractivity contribution in [3.63, 3.8) is 0 Å². The van der Waals surface area contributed by atoms with Crippen molar-refractivity contribution in [1.29, 1.82) is 0 Å². The molecule has 37 heavy (non-hydrogen) atoms. The molecule has 1 atom stereocenters. The molecule has 1 heterocycles. The van der Waals surface area contributed by atoms with E-state index in [0.717, 1.165) is 13.0 Å². The van der Waals surface area contributed by atoms with Gasteiger partial charge < -0.3 is 14.5 Å². The molecular weight excluding hydrogens is 464 g/mol. The number of ether oxygens (including phenoxy) is 1. The quantitative estimate of drug-likeness (QED) is 0.359. The Morgan fingerprint density at radius 2 is 1.78 bits per heavy atom. The Labute approximate surface area is 220 Å². The van der Waals surface area contributed by atoms with Gasteiger partial charge in [-0.15, -0.1) is 0 Å². The van der Waals surface area contributed by atoms with Gasteiger partial charge in [-0.2, -0.15) is 0 Å². The van der Waals surface area contributed by atoms with E-state index >= 15 is 0 Å². The van der Waals surface area contributed by atoms with Crippen LogP contribution < -0.4 is 10.3 Å². The summed E-state index contributed by atoms with van der Waals surface area (Å²) in [6, 6.07) is 14.5. The highest BCUT2D eigenvalue weighted by atomic mass is 16.5. The molecule has 0 bridgehead atoms. The predicted molar refractivity (Wildman–Crippen MR) is 148 cm³/mol. The second-order valence-corrected chi connectivity index (χ2v) is 10.3. The summed E-state index contributed by atoms with van der Waals surface area (Å²) in [5.41, 5.74) is 1.11. The molecule has 1 amide bonds. The molecule has 0 aliphatic heterocycles. The fourth-order valence-electron chi connectivity index (χ4n) is 5.33. The van der Waals surface area contributed by atoms with Gasteiger partial charge in [0.05, 0.1) is 29.2 Å². The van der Waals surface area contributed by atoms with Crippen molar-refractivity contribution in [2.45, 2.75) is 58.4 Å². The lowest BCUT2D eigenvalue weighted by atomic mass is 10.0. The van der Waals surface area contributed by atoms with E-state index in [0.29, 0.717) is 53.7 Å². The zero-order valence-corrected chi connectivity index (χ0v) is 22.7. The van der Waals surface area contributed by atoms with Gasteiger partial charge in [-0.25, -0.2) is 4.98 Å². The fraction of sp³-hybridized carbons (Fsp3) is 0.500. The monoisotopic (exact) mass is 504 g/mol. The van der Waals surface area contributed by atoms with E-state index in [9.17, 15) is 9.59 Å². The Hall–Kier alpha value is -3.19. The summed E-state index contributed by atoms with van der Waals surface area (Å²) >= 11 is 0. The number of amides is 1. The average molecular weight is 505 g/mol. The number of fused-ring (bicyclic) bond motifs is 1. The highest BCUT2D eigenvalue weighted by Gasteiger charge is 2.28. The van der Waals surface area contributed by atoms with Gasteiger partial charge in [0.2, 0.25) is 5.91 Å². The smallest absolute Gasteiger partial charge is 0.266 e. The summed E-state index contributed by atoms with van der Waals surface area (Å²) in [7, 11) is 4.02. The summed E-state index contributed by atoms with van der Waals surface area (Å²) in [6.45, 7) is 5.68. The van der Waals surface area contributed by atoms with Crippen molar-refractivity contribution in [2.24, 2.45) is 5.92 Å². The highest BCUT2D eigenvalue weighted by molar-refractivity contribution is 5.79. The summed E-state index contributed by atoms with van der Waals surface area (Å²) < 4.78 is 7.54. The van der Waals surface area contributed by atoms with Gasteiger partial charge in [-0.3, -0.25) is 14.2 Å². The van der Waals surface area contributed by atoms with Crippen molar-refractivity contribution in [1.82, 2.24) is 19.4 Å². The molecule has 3 aromatic rings. The minimum absolute atomic E-state index is 0.119. The lowest BCUT2D eigenvalue weighted by molar-refractivity contribution is -0.134. The Bertz CT molecular complexity index is 1260. The van der Waals surface area contributed by atoms with E-state index in [1.807, 2.05) is 75.3 Å². The van der Waals surface area contributed by atoms with Gasteiger partial charge in [-0.05, 0) is 64.5 Å². The number of hydrogen-bond donors (Lipinski definition) is 0. The number of likely N-dealkylation sites (N-methyl/N-ethyl adjacent to an activating group) is 1. The van der Waals surface area contributed by atoms with Crippen LogP contribution in [0.25, 0.3) is 16.6 Å². The van der Waals surface area contributed by atoms with Crippen molar-refractivity contribution >= 4 is 16.8 Å². The van der Waals surface area contributed by atoms with Crippen LogP contribution >= 0.6 is 0 Å². The van der Waals surface area contributed by atoms with Crippen LogP contribution in [0.1, 0.15) is 64.2 Å². The zero-order valence-electron chi connectivity index (χ0n) is 22.7. The molecule has 7 nitrogen and oxygen atoms in total. The van der Waals surface area contributed by atoms with Crippen LogP contribution in [-0.4, -0.2) is 59.0 Å². The third-order valence-corrected chi connectivity index (χ3v) is 7.40. The Morgan fingerprint density at radius 3 is 2.51 bits per heavy atom. The molecule has 1 fully saturated rings. The van der Waals surface area contributed by atoms with Gasteiger partial charge in [0.25, 0.3) is 5.56 Å². The lowest BCUT2D eigenvalue weighted by Gasteiger charge is -2.32. The number of carbonyl (C=O) groups is 1. The van der Waals surface area contributed by atoms with Crippen molar-refractivity contribution < 1.29 is 9.53 Å². The van der Waals surface area contributed by atoms with E-state index in [-0.39, 0.29) is 11.5 Å². The molecule has 1 aromatic heterocycles. The summed E-state index contributed by atoms with van der Waals surface area (Å²) in [5.74, 6) is 1.92. The number of benzene rings is 2. The number of nitrogens with zero attached hydrogens (tertiary/aromatic N) is 4. The van der Waals surface area contributed by atoms with Crippen LogP contribution in [0.2, 0.25) is 0 Å². The Balaban J connectivity index is 1.80. The second kappa shape index (κ2) is 12.4. The van der Waals surface area contributed by atoms with Crippen LogP contribution in [0, 0.1) is 5.92 Å². The van der Waals surface area contributed by atoms with Gasteiger partial charge in [0.15, 0.2) is 0 Å². The first kappa shape index (κ1) is 26.9. The molecule has 2 aromatic carbocycles. The van der Waals surface area contributed by atoms with E-state index in [4.69, 9.17) is 9.72 Å². The van der Waals surface area contributed by atoms with Gasteiger partial charge >= 0.3 is 0 Å². The highest BCUT2D eigenvalue weighted by Crippen LogP contribution is 2.31. The minimum Gasteiger partial charge on any atom is -0.492 e. The number of carbonyl (C=O) groups excluding carboxylic acids is 1. The molecule has 0 saturated heterocycles. The predicted octanol–water partition coefficient (Wildman–Crippen LogP) is 5.21. The molecule has 198 valence electrons. The van der Waals surface area contributed by atoms with Crippen LogP contribution in [-0.2, 0) is 4.79 Å². The van der Waals surface area contributed by atoms with Gasteiger partial charge in [-0.1, -0.05) is 49.9 Å². The molecule has 0 N–H and O–H groups in total. The van der Waals surface area contributed by atoms with E-state index in [2.05, 4.69) is 4.90 Å². The summed E-state index contributed by atoms with van der Waals surface area (Å²) in [4.78, 5) is 36.6. The maximum Gasteiger partial charge on any atom is 0.266 e. The molecule has 1 unspecified atom stereocenters. The summed E-state index contributed by atoms with van der Waals surface area (Å²) in [5, 5.41) is 0.539. The number of rotatable bonds is 11. The number of hydrogen-bond acceptors (Lipinski definition) is 5.